The molecule has 1 unspecified atom stereocenters. The molecule has 0 spiro atoms. The van der Waals surface area contributed by atoms with Gasteiger partial charge >= 0.3 is 0 Å². The molecule has 0 radical (unpaired) electrons. The van der Waals surface area contributed by atoms with E-state index in [0.717, 1.165) is 31.7 Å². The number of piperazine rings is 1. The molecule has 4 heteroatoms. The quantitative estimate of drug-likeness (QED) is 0.763. The number of hydrogen-bond acceptors (Lipinski definition) is 3. The molecule has 1 aromatic heterocycles. The predicted molar refractivity (Wildman–Crippen MR) is 66.7 cm³/mol. The minimum atomic E-state index is -0.0906. The second-order valence-electron chi connectivity index (χ2n) is 4.64. The summed E-state index contributed by atoms with van der Waals surface area (Å²) in [5.41, 5.74) is 0.997. The number of rotatable bonds is 2. The van der Waals surface area contributed by atoms with Gasteiger partial charge in [-0.2, -0.15) is 0 Å². The highest BCUT2D eigenvalue weighted by atomic mass is 16.2. The van der Waals surface area contributed by atoms with Gasteiger partial charge in [-0.3, -0.25) is 9.78 Å². The summed E-state index contributed by atoms with van der Waals surface area (Å²) in [5.74, 6) is 0.123. The van der Waals surface area contributed by atoms with Crippen LogP contribution in [0.3, 0.4) is 0 Å². The van der Waals surface area contributed by atoms with Crippen LogP contribution >= 0.6 is 0 Å². The van der Waals surface area contributed by atoms with E-state index in [2.05, 4.69) is 16.9 Å². The van der Waals surface area contributed by atoms with E-state index in [1.54, 1.807) is 12.4 Å². The lowest BCUT2D eigenvalue weighted by molar-refractivity contribution is -0.134. The molecular weight excluding hydrogens is 214 g/mol. The zero-order chi connectivity index (χ0) is 12.3. The SMILES string of the molecule is CC(C(=O)N1CCN(C)CC1)c1cccnc1. The Kier molecular flexibility index (Phi) is 3.74. The van der Waals surface area contributed by atoms with Crippen LogP contribution in [0, 0.1) is 0 Å². The van der Waals surface area contributed by atoms with Crippen LogP contribution in [0.25, 0.3) is 0 Å². The van der Waals surface area contributed by atoms with Gasteiger partial charge in [0, 0.05) is 38.6 Å². The molecule has 0 N–H and O–H groups in total. The van der Waals surface area contributed by atoms with Crippen molar-refractivity contribution in [3.05, 3.63) is 30.1 Å². The number of carbonyl (C=O) groups excluding carboxylic acids is 1. The third kappa shape index (κ3) is 2.82. The van der Waals surface area contributed by atoms with E-state index < -0.39 is 0 Å². The number of amides is 1. The molecule has 1 saturated heterocycles. The summed E-state index contributed by atoms with van der Waals surface area (Å²) < 4.78 is 0. The zero-order valence-electron chi connectivity index (χ0n) is 10.5. The van der Waals surface area contributed by atoms with Gasteiger partial charge in [0.15, 0.2) is 0 Å². The van der Waals surface area contributed by atoms with Crippen molar-refractivity contribution in [2.45, 2.75) is 12.8 Å². The maximum Gasteiger partial charge on any atom is 0.229 e. The summed E-state index contributed by atoms with van der Waals surface area (Å²) in [4.78, 5) is 20.6. The largest absolute Gasteiger partial charge is 0.340 e. The molecule has 1 aliphatic rings. The van der Waals surface area contributed by atoms with Gasteiger partial charge in [-0.05, 0) is 25.6 Å². The van der Waals surface area contributed by atoms with E-state index in [9.17, 15) is 4.79 Å². The molecule has 1 aromatic rings. The van der Waals surface area contributed by atoms with Crippen molar-refractivity contribution in [2.24, 2.45) is 0 Å². The van der Waals surface area contributed by atoms with Crippen LogP contribution < -0.4 is 0 Å². The standard InChI is InChI=1S/C13H19N3O/c1-11(12-4-3-5-14-10-12)13(17)16-8-6-15(2)7-9-16/h3-5,10-11H,6-9H2,1-2H3. The summed E-state index contributed by atoms with van der Waals surface area (Å²) in [7, 11) is 2.09. The van der Waals surface area contributed by atoms with Crippen LogP contribution in [0.4, 0.5) is 0 Å². The van der Waals surface area contributed by atoms with E-state index in [1.807, 2.05) is 24.0 Å². The number of hydrogen-bond donors (Lipinski definition) is 0. The fourth-order valence-corrected chi connectivity index (χ4v) is 2.08. The van der Waals surface area contributed by atoms with Gasteiger partial charge in [0.1, 0.15) is 0 Å². The summed E-state index contributed by atoms with van der Waals surface area (Å²) in [5, 5.41) is 0. The molecule has 0 aliphatic carbocycles. The minimum absolute atomic E-state index is 0.0906. The number of pyridine rings is 1. The lowest BCUT2D eigenvalue weighted by Gasteiger charge is -2.34. The van der Waals surface area contributed by atoms with Crippen molar-refractivity contribution in [3.63, 3.8) is 0 Å². The van der Waals surface area contributed by atoms with Gasteiger partial charge in [-0.15, -0.1) is 0 Å². The maximum absolute atomic E-state index is 12.3. The summed E-state index contributed by atoms with van der Waals surface area (Å²) in [6, 6.07) is 3.84. The first-order valence-electron chi connectivity index (χ1n) is 6.05. The summed E-state index contributed by atoms with van der Waals surface area (Å²) in [6.45, 7) is 5.55. The smallest absolute Gasteiger partial charge is 0.229 e. The van der Waals surface area contributed by atoms with Crippen LogP contribution in [0.2, 0.25) is 0 Å². The first-order chi connectivity index (χ1) is 8.18. The second-order valence-corrected chi connectivity index (χ2v) is 4.64. The molecule has 2 heterocycles. The molecule has 1 aliphatic heterocycles. The second kappa shape index (κ2) is 5.27. The van der Waals surface area contributed by atoms with Crippen molar-refractivity contribution < 1.29 is 4.79 Å². The molecule has 1 amide bonds. The van der Waals surface area contributed by atoms with E-state index in [4.69, 9.17) is 0 Å². The average Bonchev–Trinajstić information content (AvgIpc) is 2.39. The van der Waals surface area contributed by atoms with Gasteiger partial charge in [0.2, 0.25) is 5.91 Å². The van der Waals surface area contributed by atoms with Crippen LogP contribution in [0.1, 0.15) is 18.4 Å². The number of likely N-dealkylation sites (N-methyl/N-ethyl adjacent to an activating group) is 1. The first-order valence-corrected chi connectivity index (χ1v) is 6.05. The Bertz CT molecular complexity index is 372. The average molecular weight is 233 g/mol. The molecule has 0 bridgehead atoms. The Hall–Kier alpha value is -1.42. The van der Waals surface area contributed by atoms with Gasteiger partial charge in [0.25, 0.3) is 0 Å². The number of nitrogens with zero attached hydrogens (tertiary/aromatic N) is 3. The molecule has 92 valence electrons. The monoisotopic (exact) mass is 233 g/mol. The number of aromatic nitrogens is 1. The van der Waals surface area contributed by atoms with E-state index >= 15 is 0 Å². The van der Waals surface area contributed by atoms with Crippen molar-refractivity contribution in [1.82, 2.24) is 14.8 Å². The Morgan fingerprint density at radius 1 is 1.35 bits per heavy atom. The highest BCUT2D eigenvalue weighted by molar-refractivity contribution is 5.83. The maximum atomic E-state index is 12.3. The van der Waals surface area contributed by atoms with Crippen LogP contribution in [-0.4, -0.2) is 53.9 Å². The lowest BCUT2D eigenvalue weighted by atomic mass is 10.0. The molecule has 4 nitrogen and oxygen atoms in total. The highest BCUT2D eigenvalue weighted by Crippen LogP contribution is 2.17. The Morgan fingerprint density at radius 2 is 2.06 bits per heavy atom. The summed E-state index contributed by atoms with van der Waals surface area (Å²) >= 11 is 0. The minimum Gasteiger partial charge on any atom is -0.340 e. The molecule has 1 fully saturated rings. The third-order valence-electron chi connectivity index (χ3n) is 3.37. The molecular formula is C13H19N3O. The number of carbonyl (C=O) groups is 1. The lowest BCUT2D eigenvalue weighted by Crippen LogP contribution is -2.48. The van der Waals surface area contributed by atoms with Crippen LogP contribution in [-0.2, 0) is 4.79 Å². The zero-order valence-corrected chi connectivity index (χ0v) is 10.5. The van der Waals surface area contributed by atoms with Crippen molar-refractivity contribution in [3.8, 4) is 0 Å². The summed E-state index contributed by atoms with van der Waals surface area (Å²) in [6.07, 6.45) is 3.51. The Balaban J connectivity index is 2.00. The van der Waals surface area contributed by atoms with Gasteiger partial charge < -0.3 is 9.80 Å². The fourth-order valence-electron chi connectivity index (χ4n) is 2.08. The Labute approximate surface area is 102 Å². The van der Waals surface area contributed by atoms with E-state index in [0.29, 0.717) is 0 Å². The van der Waals surface area contributed by atoms with Crippen LogP contribution in [0.15, 0.2) is 24.5 Å². The first kappa shape index (κ1) is 12.0. The van der Waals surface area contributed by atoms with Crippen molar-refractivity contribution >= 4 is 5.91 Å². The molecule has 0 aromatic carbocycles. The van der Waals surface area contributed by atoms with Gasteiger partial charge in [0.05, 0.1) is 5.92 Å². The van der Waals surface area contributed by atoms with Crippen molar-refractivity contribution in [1.29, 1.82) is 0 Å². The normalized spacial score (nSPS) is 19.1. The Morgan fingerprint density at radius 3 is 2.65 bits per heavy atom. The molecule has 2 rings (SSSR count). The topological polar surface area (TPSA) is 36.4 Å². The molecule has 0 saturated carbocycles. The van der Waals surface area contributed by atoms with Gasteiger partial charge in [-0.1, -0.05) is 6.07 Å². The molecule has 1 atom stereocenters. The predicted octanol–water partition coefficient (Wildman–Crippen LogP) is 0.959. The van der Waals surface area contributed by atoms with E-state index in [1.165, 1.54) is 0 Å². The third-order valence-corrected chi connectivity index (χ3v) is 3.37. The van der Waals surface area contributed by atoms with Crippen molar-refractivity contribution in [2.75, 3.05) is 33.2 Å². The van der Waals surface area contributed by atoms with E-state index in [-0.39, 0.29) is 11.8 Å². The highest BCUT2D eigenvalue weighted by Gasteiger charge is 2.24. The molecule has 17 heavy (non-hydrogen) atoms. The fraction of sp³-hybridized carbons (Fsp3) is 0.538. The van der Waals surface area contributed by atoms with Crippen LogP contribution in [0.5, 0.6) is 0 Å². The van der Waals surface area contributed by atoms with Gasteiger partial charge in [-0.25, -0.2) is 0 Å².